The predicted molar refractivity (Wildman–Crippen MR) is 61.5 cm³/mol. The first-order chi connectivity index (χ1) is 7.29. The van der Waals surface area contributed by atoms with Gasteiger partial charge < -0.3 is 4.74 Å². The third-order valence-corrected chi connectivity index (χ3v) is 3.89. The molecule has 0 aromatic heterocycles. The second kappa shape index (κ2) is 4.71. The van der Waals surface area contributed by atoms with Gasteiger partial charge in [-0.15, -0.1) is 11.8 Å². The Labute approximate surface area is 94.0 Å². The molecule has 1 aliphatic carbocycles. The van der Waals surface area contributed by atoms with Crippen molar-refractivity contribution in [2.75, 3.05) is 7.11 Å². The Hall–Kier alpha value is -0.960. The highest BCUT2D eigenvalue weighted by Gasteiger charge is 2.23. The molecule has 2 rings (SSSR count). The summed E-state index contributed by atoms with van der Waals surface area (Å²) < 4.78 is 5.28. The maximum Gasteiger partial charge on any atom is 0.134 e. The van der Waals surface area contributed by atoms with E-state index in [1.165, 1.54) is 0 Å². The van der Waals surface area contributed by atoms with E-state index < -0.39 is 0 Å². The van der Waals surface area contributed by atoms with Crippen LogP contribution in [0.1, 0.15) is 19.3 Å². The topological polar surface area (TPSA) is 26.3 Å². The number of methoxy groups -OCH3 is 1. The first-order valence-corrected chi connectivity index (χ1v) is 5.99. The second-order valence-electron chi connectivity index (χ2n) is 3.67. The number of ketones is 1. The van der Waals surface area contributed by atoms with Crippen molar-refractivity contribution >= 4 is 17.5 Å². The zero-order chi connectivity index (χ0) is 10.7. The van der Waals surface area contributed by atoms with E-state index in [1.807, 2.05) is 24.3 Å². The molecule has 0 bridgehead atoms. The molecular formula is C12H14O2S. The lowest BCUT2D eigenvalue weighted by atomic mass is 10.3. The minimum Gasteiger partial charge on any atom is -0.496 e. The summed E-state index contributed by atoms with van der Waals surface area (Å²) in [5.74, 6) is 1.30. The molecule has 0 aliphatic heterocycles. The average Bonchev–Trinajstić information content (AvgIpc) is 2.65. The van der Waals surface area contributed by atoms with Gasteiger partial charge in [0.2, 0.25) is 0 Å². The molecule has 0 heterocycles. The molecule has 1 aliphatic rings. The highest BCUT2D eigenvalue weighted by Crippen LogP contribution is 2.37. The molecule has 15 heavy (non-hydrogen) atoms. The molecule has 2 nitrogen and oxygen atoms in total. The zero-order valence-corrected chi connectivity index (χ0v) is 9.55. The standard InChI is InChI=1S/C12H14O2S/c1-14-11-4-2-3-5-12(11)15-10-7-6-9(13)8-10/h2-5,10H,6-8H2,1H3/t10-/m0/s1. The third kappa shape index (κ3) is 2.53. The number of carbonyl (C=O) groups excluding carboxylic acids is 1. The van der Waals surface area contributed by atoms with E-state index in [0.29, 0.717) is 17.5 Å². The van der Waals surface area contributed by atoms with E-state index in [1.54, 1.807) is 18.9 Å². The molecule has 80 valence electrons. The van der Waals surface area contributed by atoms with Crippen molar-refractivity contribution in [1.82, 2.24) is 0 Å². The fourth-order valence-electron chi connectivity index (χ4n) is 1.78. The molecule has 1 saturated carbocycles. The van der Waals surface area contributed by atoms with Crippen LogP contribution < -0.4 is 4.74 Å². The van der Waals surface area contributed by atoms with Gasteiger partial charge in [-0.1, -0.05) is 12.1 Å². The monoisotopic (exact) mass is 222 g/mol. The van der Waals surface area contributed by atoms with Crippen molar-refractivity contribution in [3.63, 3.8) is 0 Å². The van der Waals surface area contributed by atoms with Crippen LogP contribution in [0.5, 0.6) is 5.75 Å². The van der Waals surface area contributed by atoms with Crippen LogP contribution in [0.3, 0.4) is 0 Å². The number of hydrogen-bond acceptors (Lipinski definition) is 3. The Bertz CT molecular complexity index is 362. The van der Waals surface area contributed by atoms with E-state index in [0.717, 1.165) is 23.5 Å². The molecule has 3 heteroatoms. The Morgan fingerprint density at radius 2 is 2.20 bits per heavy atom. The molecule has 0 saturated heterocycles. The Balaban J connectivity index is 2.07. The lowest BCUT2D eigenvalue weighted by Crippen LogP contribution is -1.97. The van der Waals surface area contributed by atoms with Gasteiger partial charge >= 0.3 is 0 Å². The summed E-state index contributed by atoms with van der Waals surface area (Å²) in [5.41, 5.74) is 0. The number of hydrogen-bond donors (Lipinski definition) is 0. The number of benzene rings is 1. The Kier molecular flexibility index (Phi) is 3.31. The largest absolute Gasteiger partial charge is 0.496 e. The summed E-state index contributed by atoms with van der Waals surface area (Å²) in [7, 11) is 1.68. The fraction of sp³-hybridized carbons (Fsp3) is 0.417. The van der Waals surface area contributed by atoms with Crippen LogP contribution in [-0.2, 0) is 4.79 Å². The number of rotatable bonds is 3. The van der Waals surface area contributed by atoms with Gasteiger partial charge in [0.25, 0.3) is 0 Å². The minimum absolute atomic E-state index is 0.391. The maximum atomic E-state index is 11.2. The normalized spacial score (nSPS) is 20.6. The molecule has 1 aromatic rings. The first-order valence-electron chi connectivity index (χ1n) is 5.11. The van der Waals surface area contributed by atoms with Crippen molar-refractivity contribution in [3.05, 3.63) is 24.3 Å². The smallest absolute Gasteiger partial charge is 0.134 e. The van der Waals surface area contributed by atoms with Crippen LogP contribution in [-0.4, -0.2) is 18.1 Å². The second-order valence-corrected chi connectivity index (χ2v) is 5.01. The molecule has 0 spiro atoms. The number of ether oxygens (including phenoxy) is 1. The van der Waals surface area contributed by atoms with Gasteiger partial charge in [-0.25, -0.2) is 0 Å². The van der Waals surface area contributed by atoms with Gasteiger partial charge in [0.05, 0.1) is 7.11 Å². The SMILES string of the molecule is COc1ccccc1S[C@H]1CCC(=O)C1. The summed E-state index contributed by atoms with van der Waals surface area (Å²) >= 11 is 1.76. The Morgan fingerprint density at radius 3 is 2.87 bits per heavy atom. The number of Topliss-reactive ketones (excluding diaryl/α,β-unsaturated/α-hetero) is 1. The van der Waals surface area contributed by atoms with Crippen LogP contribution in [0.2, 0.25) is 0 Å². The van der Waals surface area contributed by atoms with Crippen LogP contribution in [0.25, 0.3) is 0 Å². The average molecular weight is 222 g/mol. The van der Waals surface area contributed by atoms with E-state index in [9.17, 15) is 4.79 Å². The van der Waals surface area contributed by atoms with Crippen molar-refractivity contribution < 1.29 is 9.53 Å². The molecule has 1 atom stereocenters. The van der Waals surface area contributed by atoms with Crippen LogP contribution in [0.4, 0.5) is 0 Å². The van der Waals surface area contributed by atoms with E-state index >= 15 is 0 Å². The number of thioether (sulfide) groups is 1. The number of carbonyl (C=O) groups is 1. The van der Waals surface area contributed by atoms with Gasteiger partial charge in [0.1, 0.15) is 11.5 Å². The molecule has 0 amide bonds. The molecule has 0 unspecified atom stereocenters. The van der Waals surface area contributed by atoms with Gasteiger partial charge in [-0.05, 0) is 18.6 Å². The summed E-state index contributed by atoms with van der Waals surface area (Å²) in [6.07, 6.45) is 2.46. The predicted octanol–water partition coefficient (Wildman–Crippen LogP) is 2.91. The van der Waals surface area contributed by atoms with Crippen molar-refractivity contribution in [1.29, 1.82) is 0 Å². The molecular weight excluding hydrogens is 208 g/mol. The molecule has 1 fully saturated rings. The van der Waals surface area contributed by atoms with Gasteiger partial charge in [-0.2, -0.15) is 0 Å². The summed E-state index contributed by atoms with van der Waals surface area (Å²) in [4.78, 5) is 12.3. The van der Waals surface area contributed by atoms with Crippen molar-refractivity contribution in [2.24, 2.45) is 0 Å². The van der Waals surface area contributed by atoms with Crippen LogP contribution in [0, 0.1) is 0 Å². The van der Waals surface area contributed by atoms with Gasteiger partial charge in [0, 0.05) is 23.0 Å². The fourth-order valence-corrected chi connectivity index (χ4v) is 3.07. The maximum absolute atomic E-state index is 11.2. The lowest BCUT2D eigenvalue weighted by molar-refractivity contribution is -0.117. The van der Waals surface area contributed by atoms with Crippen molar-refractivity contribution in [2.45, 2.75) is 29.4 Å². The van der Waals surface area contributed by atoms with Crippen LogP contribution in [0.15, 0.2) is 29.2 Å². The Morgan fingerprint density at radius 1 is 1.40 bits per heavy atom. The summed E-state index contributed by atoms with van der Waals surface area (Å²) in [6.45, 7) is 0. The molecule has 0 radical (unpaired) electrons. The molecule has 1 aromatic carbocycles. The quantitative estimate of drug-likeness (QED) is 0.786. The van der Waals surface area contributed by atoms with E-state index in [4.69, 9.17) is 4.74 Å². The number of para-hydroxylation sites is 1. The first kappa shape index (κ1) is 10.6. The van der Waals surface area contributed by atoms with Crippen molar-refractivity contribution in [3.8, 4) is 5.75 Å². The van der Waals surface area contributed by atoms with Gasteiger partial charge in [-0.3, -0.25) is 4.79 Å². The van der Waals surface area contributed by atoms with E-state index in [2.05, 4.69) is 0 Å². The molecule has 0 N–H and O–H groups in total. The summed E-state index contributed by atoms with van der Waals surface area (Å²) in [6, 6.07) is 7.97. The van der Waals surface area contributed by atoms with E-state index in [-0.39, 0.29) is 0 Å². The lowest BCUT2D eigenvalue weighted by Gasteiger charge is -2.11. The third-order valence-electron chi connectivity index (χ3n) is 2.56. The van der Waals surface area contributed by atoms with Crippen LogP contribution >= 0.6 is 11.8 Å². The zero-order valence-electron chi connectivity index (χ0n) is 8.73. The summed E-state index contributed by atoms with van der Waals surface area (Å²) in [5, 5.41) is 0.439. The highest BCUT2D eigenvalue weighted by atomic mass is 32.2. The highest BCUT2D eigenvalue weighted by molar-refractivity contribution is 8.00. The van der Waals surface area contributed by atoms with Gasteiger partial charge in [0.15, 0.2) is 0 Å². The minimum atomic E-state index is 0.391.